The van der Waals surface area contributed by atoms with Crippen LogP contribution in [0.3, 0.4) is 0 Å². The molecule has 0 radical (unpaired) electrons. The van der Waals surface area contributed by atoms with Crippen LogP contribution >= 0.6 is 0 Å². The van der Waals surface area contributed by atoms with Crippen molar-refractivity contribution in [2.75, 3.05) is 6.54 Å². The Morgan fingerprint density at radius 2 is 2.00 bits per heavy atom. The lowest BCUT2D eigenvalue weighted by Crippen LogP contribution is -1.95. The SMILES string of the molecule is C1=NCC(Oc2ccccc2)=C1. The van der Waals surface area contributed by atoms with Crippen LogP contribution in [0.25, 0.3) is 0 Å². The molecule has 0 spiro atoms. The number of hydrogen-bond donors (Lipinski definition) is 0. The van der Waals surface area contributed by atoms with E-state index in [0.29, 0.717) is 6.54 Å². The molecule has 2 rings (SSSR count). The maximum absolute atomic E-state index is 5.51. The molecule has 0 aliphatic carbocycles. The number of allylic oxidation sites excluding steroid dienone is 1. The van der Waals surface area contributed by atoms with E-state index in [-0.39, 0.29) is 0 Å². The van der Waals surface area contributed by atoms with Gasteiger partial charge in [-0.05, 0) is 18.2 Å². The molecule has 1 aromatic rings. The summed E-state index contributed by atoms with van der Waals surface area (Å²) in [6.07, 6.45) is 3.64. The highest BCUT2D eigenvalue weighted by atomic mass is 16.5. The molecule has 0 N–H and O–H groups in total. The molecule has 0 fully saturated rings. The zero-order chi connectivity index (χ0) is 8.23. The van der Waals surface area contributed by atoms with E-state index in [1.807, 2.05) is 36.4 Å². The molecule has 1 aliphatic heterocycles. The van der Waals surface area contributed by atoms with Crippen molar-refractivity contribution in [3.63, 3.8) is 0 Å². The minimum atomic E-state index is 0.662. The molecule has 2 nitrogen and oxygen atoms in total. The quantitative estimate of drug-likeness (QED) is 0.647. The normalized spacial score (nSPS) is 14.5. The standard InChI is InChI=1S/C10H9NO/c1-2-4-9(5-3-1)12-10-6-7-11-8-10/h1-7H,8H2. The van der Waals surface area contributed by atoms with Gasteiger partial charge in [0.2, 0.25) is 0 Å². The molecule has 0 atom stereocenters. The van der Waals surface area contributed by atoms with Gasteiger partial charge in [0.15, 0.2) is 0 Å². The average molecular weight is 159 g/mol. The maximum atomic E-state index is 5.51. The summed E-state index contributed by atoms with van der Waals surface area (Å²) in [6.45, 7) is 0.662. The zero-order valence-electron chi connectivity index (χ0n) is 6.60. The van der Waals surface area contributed by atoms with E-state index in [1.165, 1.54) is 0 Å². The van der Waals surface area contributed by atoms with Gasteiger partial charge in [0.05, 0.1) is 6.54 Å². The van der Waals surface area contributed by atoms with E-state index in [0.717, 1.165) is 11.5 Å². The lowest BCUT2D eigenvalue weighted by atomic mass is 10.3. The zero-order valence-corrected chi connectivity index (χ0v) is 6.60. The van der Waals surface area contributed by atoms with E-state index in [4.69, 9.17) is 4.74 Å². The summed E-state index contributed by atoms with van der Waals surface area (Å²) in [5, 5.41) is 0. The van der Waals surface area contributed by atoms with Gasteiger partial charge < -0.3 is 4.74 Å². The van der Waals surface area contributed by atoms with Gasteiger partial charge in [-0.3, -0.25) is 4.99 Å². The summed E-state index contributed by atoms with van der Waals surface area (Å²) < 4.78 is 5.51. The second kappa shape index (κ2) is 3.22. The maximum Gasteiger partial charge on any atom is 0.127 e. The van der Waals surface area contributed by atoms with Gasteiger partial charge >= 0.3 is 0 Å². The molecular weight excluding hydrogens is 150 g/mol. The van der Waals surface area contributed by atoms with Gasteiger partial charge in [-0.15, -0.1) is 0 Å². The highest BCUT2D eigenvalue weighted by Crippen LogP contribution is 2.13. The van der Waals surface area contributed by atoms with Crippen LogP contribution < -0.4 is 4.74 Å². The highest BCUT2D eigenvalue weighted by Gasteiger charge is 2.01. The summed E-state index contributed by atoms with van der Waals surface area (Å²) in [4.78, 5) is 4.02. The summed E-state index contributed by atoms with van der Waals surface area (Å²) in [5.74, 6) is 1.77. The second-order valence-corrected chi connectivity index (χ2v) is 2.54. The molecule has 0 bridgehead atoms. The van der Waals surface area contributed by atoms with Gasteiger partial charge in [0, 0.05) is 6.21 Å². The monoisotopic (exact) mass is 159 g/mol. The van der Waals surface area contributed by atoms with Crippen LogP contribution in [0.1, 0.15) is 0 Å². The van der Waals surface area contributed by atoms with Crippen LogP contribution in [-0.2, 0) is 0 Å². The molecule has 1 heterocycles. The van der Waals surface area contributed by atoms with Crippen molar-refractivity contribution in [2.24, 2.45) is 4.99 Å². The number of rotatable bonds is 2. The molecule has 60 valence electrons. The highest BCUT2D eigenvalue weighted by molar-refractivity contribution is 5.74. The fourth-order valence-corrected chi connectivity index (χ4v) is 1.04. The fourth-order valence-electron chi connectivity index (χ4n) is 1.04. The third-order valence-corrected chi connectivity index (χ3v) is 1.61. The molecule has 0 aromatic heterocycles. The number of para-hydroxylation sites is 1. The Morgan fingerprint density at radius 1 is 1.17 bits per heavy atom. The first kappa shape index (κ1) is 7.10. The number of nitrogens with zero attached hydrogens (tertiary/aromatic N) is 1. The summed E-state index contributed by atoms with van der Waals surface area (Å²) in [6, 6.07) is 9.72. The third-order valence-electron chi connectivity index (χ3n) is 1.61. The minimum absolute atomic E-state index is 0.662. The number of aliphatic imine (C=N–C) groups is 1. The fraction of sp³-hybridized carbons (Fsp3) is 0.100. The van der Waals surface area contributed by atoms with Gasteiger partial charge in [-0.1, -0.05) is 18.2 Å². The Labute approximate surface area is 71.2 Å². The van der Waals surface area contributed by atoms with Crippen LogP contribution in [0.2, 0.25) is 0 Å². The van der Waals surface area contributed by atoms with Gasteiger partial charge in [-0.2, -0.15) is 0 Å². The molecule has 0 saturated carbocycles. The molecule has 2 heteroatoms. The number of hydrogen-bond acceptors (Lipinski definition) is 2. The van der Waals surface area contributed by atoms with E-state index in [2.05, 4.69) is 4.99 Å². The third kappa shape index (κ3) is 1.53. The Balaban J connectivity index is 2.05. The van der Waals surface area contributed by atoms with Crippen molar-refractivity contribution in [2.45, 2.75) is 0 Å². The molecular formula is C10H9NO. The topological polar surface area (TPSA) is 21.6 Å². The van der Waals surface area contributed by atoms with Crippen molar-refractivity contribution >= 4 is 6.21 Å². The smallest absolute Gasteiger partial charge is 0.127 e. The van der Waals surface area contributed by atoms with Gasteiger partial charge in [-0.25, -0.2) is 0 Å². The lowest BCUT2D eigenvalue weighted by Gasteiger charge is -2.03. The second-order valence-electron chi connectivity index (χ2n) is 2.54. The largest absolute Gasteiger partial charge is 0.460 e. The van der Waals surface area contributed by atoms with Crippen LogP contribution in [-0.4, -0.2) is 12.8 Å². The van der Waals surface area contributed by atoms with Crippen molar-refractivity contribution < 1.29 is 4.74 Å². The lowest BCUT2D eigenvalue weighted by molar-refractivity contribution is 0.422. The van der Waals surface area contributed by atoms with Crippen LogP contribution in [0.4, 0.5) is 0 Å². The van der Waals surface area contributed by atoms with Crippen LogP contribution in [0.5, 0.6) is 5.75 Å². The Hall–Kier alpha value is -1.57. The number of ether oxygens (including phenoxy) is 1. The van der Waals surface area contributed by atoms with Crippen LogP contribution in [0.15, 0.2) is 47.2 Å². The number of benzene rings is 1. The van der Waals surface area contributed by atoms with Crippen LogP contribution in [0, 0.1) is 0 Å². The van der Waals surface area contributed by atoms with Crippen molar-refractivity contribution in [1.82, 2.24) is 0 Å². The Bertz CT molecular complexity index is 314. The van der Waals surface area contributed by atoms with Crippen molar-refractivity contribution in [1.29, 1.82) is 0 Å². The van der Waals surface area contributed by atoms with Crippen molar-refractivity contribution in [3.8, 4) is 5.75 Å². The minimum Gasteiger partial charge on any atom is -0.460 e. The first-order valence-electron chi connectivity index (χ1n) is 3.87. The molecule has 12 heavy (non-hydrogen) atoms. The average Bonchev–Trinajstić information content (AvgIpc) is 2.59. The first-order chi connectivity index (χ1) is 5.95. The molecule has 0 unspecified atom stereocenters. The molecule has 1 aromatic carbocycles. The molecule has 1 aliphatic rings. The van der Waals surface area contributed by atoms with E-state index in [9.17, 15) is 0 Å². The predicted octanol–water partition coefficient (Wildman–Crippen LogP) is 2.03. The molecule has 0 saturated heterocycles. The molecule has 0 amide bonds. The van der Waals surface area contributed by atoms with Gasteiger partial charge in [0.1, 0.15) is 11.5 Å². The van der Waals surface area contributed by atoms with Crippen molar-refractivity contribution in [3.05, 3.63) is 42.2 Å². The summed E-state index contributed by atoms with van der Waals surface area (Å²) in [5.41, 5.74) is 0. The van der Waals surface area contributed by atoms with Gasteiger partial charge in [0.25, 0.3) is 0 Å². The predicted molar refractivity (Wildman–Crippen MR) is 48.5 cm³/mol. The summed E-state index contributed by atoms with van der Waals surface area (Å²) in [7, 11) is 0. The summed E-state index contributed by atoms with van der Waals surface area (Å²) >= 11 is 0. The van der Waals surface area contributed by atoms with E-state index < -0.39 is 0 Å². The Morgan fingerprint density at radius 3 is 2.67 bits per heavy atom. The van der Waals surface area contributed by atoms with E-state index in [1.54, 1.807) is 6.21 Å². The first-order valence-corrected chi connectivity index (χ1v) is 3.87. The van der Waals surface area contributed by atoms with E-state index >= 15 is 0 Å². The Kier molecular flexibility index (Phi) is 1.90.